The minimum absolute atomic E-state index is 0.0660. The van der Waals surface area contributed by atoms with Gasteiger partial charge in [-0.3, -0.25) is 4.79 Å². The smallest absolute Gasteiger partial charge is 0.219 e. The lowest BCUT2D eigenvalue weighted by molar-refractivity contribution is -0.118. The molecule has 0 fully saturated rings. The largest absolute Gasteiger partial charge is 0.370 e. The number of nitrogens with two attached hydrogens (primary N) is 2. The van der Waals surface area contributed by atoms with E-state index in [0.29, 0.717) is 0 Å². The van der Waals surface area contributed by atoms with E-state index in [-0.39, 0.29) is 6.42 Å². The van der Waals surface area contributed by atoms with Gasteiger partial charge in [0.1, 0.15) is 0 Å². The fourth-order valence-corrected chi connectivity index (χ4v) is 0.276. The van der Waals surface area contributed by atoms with Gasteiger partial charge in [-0.25, -0.2) is 0 Å². The van der Waals surface area contributed by atoms with Crippen LogP contribution in [-0.2, 0) is 4.79 Å². The summed E-state index contributed by atoms with van der Waals surface area (Å²) in [4.78, 5) is 10.0. The first-order valence-electron chi connectivity index (χ1n) is 2.17. The first kappa shape index (κ1) is 6.99. The molecule has 44 valence electrons. The predicted molar refractivity (Wildman–Crippen MR) is 30.6 cm³/mol. The molecule has 3 nitrogen and oxygen atoms in total. The maximum atomic E-state index is 10.0. The molecular weight excluding hydrogens is 104 g/mol. The normalized spacial score (nSPS) is 12.0. The lowest BCUT2D eigenvalue weighted by atomic mass is 10.2. The van der Waals surface area contributed by atoms with E-state index < -0.39 is 11.9 Å². The van der Waals surface area contributed by atoms with E-state index in [1.165, 1.54) is 0 Å². The summed E-state index contributed by atoms with van der Waals surface area (Å²) in [6.45, 7) is 0. The molecule has 1 amide bonds. The van der Waals surface area contributed by atoms with Gasteiger partial charge in [-0.1, -0.05) is 5.92 Å². The van der Waals surface area contributed by atoms with E-state index >= 15 is 0 Å². The molecule has 0 aliphatic carbocycles. The van der Waals surface area contributed by atoms with Gasteiger partial charge in [0.25, 0.3) is 0 Å². The lowest BCUT2D eigenvalue weighted by Gasteiger charge is -1.95. The highest BCUT2D eigenvalue weighted by atomic mass is 16.1. The number of carbonyl (C=O) groups excluding carboxylic acids is 1. The van der Waals surface area contributed by atoms with Gasteiger partial charge in [-0.2, -0.15) is 0 Å². The molecule has 3 heteroatoms. The summed E-state index contributed by atoms with van der Waals surface area (Å²) in [6, 6.07) is -0.521. The van der Waals surface area contributed by atoms with Crippen LogP contribution in [0.2, 0.25) is 0 Å². The molecule has 0 saturated heterocycles. The minimum Gasteiger partial charge on any atom is -0.370 e. The Bertz CT molecular complexity index is 125. The predicted octanol–water partition coefficient (Wildman–Crippen LogP) is -1.18. The Morgan fingerprint density at radius 2 is 2.38 bits per heavy atom. The summed E-state index contributed by atoms with van der Waals surface area (Å²) in [5.74, 6) is 1.71. The number of amides is 1. The van der Waals surface area contributed by atoms with Crippen LogP contribution in [0.5, 0.6) is 0 Å². The molecule has 0 heterocycles. The highest BCUT2D eigenvalue weighted by Gasteiger charge is 1.99. The zero-order valence-electron chi connectivity index (χ0n) is 4.42. The molecule has 0 saturated carbocycles. The summed E-state index contributed by atoms with van der Waals surface area (Å²) < 4.78 is 0. The topological polar surface area (TPSA) is 69.1 Å². The number of primary amides is 1. The molecule has 0 bridgehead atoms. The Labute approximate surface area is 48.0 Å². The Hall–Kier alpha value is -1.01. The SMILES string of the molecule is C#C[C@@H](N)CC(N)=O. The first-order valence-corrected chi connectivity index (χ1v) is 2.17. The van der Waals surface area contributed by atoms with E-state index in [4.69, 9.17) is 17.9 Å². The van der Waals surface area contributed by atoms with E-state index in [1.807, 2.05) is 0 Å². The zero-order chi connectivity index (χ0) is 6.57. The van der Waals surface area contributed by atoms with Crippen LogP contribution in [0, 0.1) is 12.3 Å². The number of terminal acetylenes is 1. The zero-order valence-corrected chi connectivity index (χ0v) is 4.42. The third-order valence-electron chi connectivity index (χ3n) is 0.635. The number of hydrogen-bond donors (Lipinski definition) is 2. The van der Waals surface area contributed by atoms with Crippen LogP contribution in [0.15, 0.2) is 0 Å². The van der Waals surface area contributed by atoms with E-state index in [2.05, 4.69) is 5.92 Å². The fraction of sp³-hybridized carbons (Fsp3) is 0.400. The van der Waals surface area contributed by atoms with Crippen molar-refractivity contribution in [2.75, 3.05) is 0 Å². The quantitative estimate of drug-likeness (QED) is 0.441. The van der Waals surface area contributed by atoms with Crippen molar-refractivity contribution in [1.82, 2.24) is 0 Å². The van der Waals surface area contributed by atoms with Crippen LogP contribution in [0.25, 0.3) is 0 Å². The summed E-state index contributed by atoms with van der Waals surface area (Å²) in [6.07, 6.45) is 4.90. The highest BCUT2D eigenvalue weighted by Crippen LogP contribution is 1.80. The molecule has 0 aliphatic rings. The number of hydrogen-bond acceptors (Lipinski definition) is 2. The van der Waals surface area contributed by atoms with Crippen LogP contribution < -0.4 is 11.5 Å². The molecule has 0 aromatic rings. The molecular formula is C5H8N2O. The molecule has 4 N–H and O–H groups in total. The highest BCUT2D eigenvalue weighted by molar-refractivity contribution is 5.74. The minimum atomic E-state index is -0.521. The third-order valence-corrected chi connectivity index (χ3v) is 0.635. The van der Waals surface area contributed by atoms with Crippen molar-refractivity contribution in [1.29, 1.82) is 0 Å². The molecule has 0 unspecified atom stereocenters. The van der Waals surface area contributed by atoms with Gasteiger partial charge >= 0.3 is 0 Å². The summed E-state index contributed by atoms with van der Waals surface area (Å²) >= 11 is 0. The summed E-state index contributed by atoms with van der Waals surface area (Å²) in [5, 5.41) is 0. The van der Waals surface area contributed by atoms with Crippen LogP contribution >= 0.6 is 0 Å². The van der Waals surface area contributed by atoms with E-state index in [1.54, 1.807) is 0 Å². The molecule has 0 aromatic heterocycles. The third kappa shape index (κ3) is 3.19. The second kappa shape index (κ2) is 3.05. The maximum Gasteiger partial charge on any atom is 0.219 e. The Morgan fingerprint density at radius 1 is 1.88 bits per heavy atom. The Balaban J connectivity index is 3.43. The average Bonchev–Trinajstić information content (AvgIpc) is 1.65. The second-order valence-electron chi connectivity index (χ2n) is 1.44. The molecule has 1 atom stereocenters. The second-order valence-corrected chi connectivity index (χ2v) is 1.44. The van der Waals surface area contributed by atoms with Crippen molar-refractivity contribution in [2.24, 2.45) is 11.5 Å². The van der Waals surface area contributed by atoms with Gasteiger partial charge in [0.15, 0.2) is 0 Å². The molecule has 8 heavy (non-hydrogen) atoms. The number of carbonyl (C=O) groups is 1. The molecule has 0 rings (SSSR count). The van der Waals surface area contributed by atoms with E-state index in [9.17, 15) is 4.79 Å². The van der Waals surface area contributed by atoms with Gasteiger partial charge < -0.3 is 11.5 Å². The first-order chi connectivity index (χ1) is 3.66. The van der Waals surface area contributed by atoms with Crippen molar-refractivity contribution >= 4 is 5.91 Å². The Morgan fingerprint density at radius 3 is 2.50 bits per heavy atom. The van der Waals surface area contributed by atoms with Crippen LogP contribution in [0.3, 0.4) is 0 Å². The maximum absolute atomic E-state index is 10.0. The molecule has 0 aromatic carbocycles. The van der Waals surface area contributed by atoms with Gasteiger partial charge in [-0.05, 0) is 0 Å². The Kier molecular flexibility index (Phi) is 2.67. The summed E-state index contributed by atoms with van der Waals surface area (Å²) in [5.41, 5.74) is 9.89. The van der Waals surface area contributed by atoms with Gasteiger partial charge in [0.05, 0.1) is 12.5 Å². The van der Waals surface area contributed by atoms with Crippen molar-refractivity contribution in [3.63, 3.8) is 0 Å². The average molecular weight is 112 g/mol. The molecule has 0 radical (unpaired) electrons. The fourth-order valence-electron chi connectivity index (χ4n) is 0.276. The van der Waals surface area contributed by atoms with Crippen molar-refractivity contribution in [3.8, 4) is 12.3 Å². The van der Waals surface area contributed by atoms with Crippen molar-refractivity contribution in [3.05, 3.63) is 0 Å². The lowest BCUT2D eigenvalue weighted by Crippen LogP contribution is -2.25. The van der Waals surface area contributed by atoms with Crippen molar-refractivity contribution in [2.45, 2.75) is 12.5 Å². The molecule has 0 spiro atoms. The van der Waals surface area contributed by atoms with Crippen LogP contribution in [0.1, 0.15) is 6.42 Å². The number of rotatable bonds is 2. The standard InChI is InChI=1S/C5H8N2O/c1-2-4(6)3-5(7)8/h1,4H,3,6H2,(H2,7,8)/t4-/m1/s1. The van der Waals surface area contributed by atoms with Gasteiger partial charge in [0, 0.05) is 0 Å². The van der Waals surface area contributed by atoms with Crippen molar-refractivity contribution < 1.29 is 4.79 Å². The monoisotopic (exact) mass is 112 g/mol. The van der Waals surface area contributed by atoms with Crippen LogP contribution in [-0.4, -0.2) is 11.9 Å². The van der Waals surface area contributed by atoms with Gasteiger partial charge in [-0.15, -0.1) is 6.42 Å². The van der Waals surface area contributed by atoms with Crippen LogP contribution in [0.4, 0.5) is 0 Å². The molecule has 0 aliphatic heterocycles. The summed E-state index contributed by atoms with van der Waals surface area (Å²) in [7, 11) is 0. The van der Waals surface area contributed by atoms with Gasteiger partial charge in [0.2, 0.25) is 5.91 Å². The van der Waals surface area contributed by atoms with E-state index in [0.717, 1.165) is 0 Å².